The molecule has 0 aromatic heterocycles. The number of carbonyl (C=O) groups is 2. The molecule has 1 unspecified atom stereocenters. The number of halogens is 2. The zero-order valence-electron chi connectivity index (χ0n) is 25.2. The Morgan fingerprint density at radius 3 is 2.16 bits per heavy atom. The van der Waals surface area contributed by atoms with E-state index in [2.05, 4.69) is 5.32 Å². The van der Waals surface area contributed by atoms with Crippen molar-refractivity contribution in [2.24, 2.45) is 0 Å². The van der Waals surface area contributed by atoms with Gasteiger partial charge in [-0.2, -0.15) is 0 Å². The number of hydrogen-bond acceptors (Lipinski definition) is 6. The summed E-state index contributed by atoms with van der Waals surface area (Å²) in [6.07, 6.45) is 3.78. The van der Waals surface area contributed by atoms with Crippen LogP contribution in [0.25, 0.3) is 0 Å². The van der Waals surface area contributed by atoms with Crippen molar-refractivity contribution in [1.29, 1.82) is 0 Å². The molecule has 0 spiro atoms. The molecule has 9 nitrogen and oxygen atoms in total. The van der Waals surface area contributed by atoms with Crippen molar-refractivity contribution in [2.45, 2.75) is 63.1 Å². The third-order valence-electron chi connectivity index (χ3n) is 7.80. The number of nitrogens with zero attached hydrogens (tertiary/aromatic N) is 2. The summed E-state index contributed by atoms with van der Waals surface area (Å²) in [7, 11) is -1.36. The fraction of sp³-hybridized carbons (Fsp3) is 0.375. The Morgan fingerprint density at radius 2 is 1.57 bits per heavy atom. The Labute approximate surface area is 269 Å². The first-order valence-corrected chi connectivity index (χ1v) is 16.5. The van der Waals surface area contributed by atoms with E-state index in [4.69, 9.17) is 32.7 Å². The Bertz CT molecular complexity index is 1570. The molecule has 3 aromatic carbocycles. The van der Waals surface area contributed by atoms with Gasteiger partial charge in [-0.1, -0.05) is 59.8 Å². The summed E-state index contributed by atoms with van der Waals surface area (Å²) in [6.45, 7) is 2.74. The van der Waals surface area contributed by atoms with E-state index in [1.807, 2.05) is 6.92 Å². The van der Waals surface area contributed by atoms with Crippen LogP contribution in [0.5, 0.6) is 11.5 Å². The number of methoxy groups -OCH3 is 2. The molecule has 1 aliphatic carbocycles. The highest BCUT2D eigenvalue weighted by atomic mass is 35.5. The van der Waals surface area contributed by atoms with Gasteiger partial charge in [0.05, 0.1) is 24.8 Å². The van der Waals surface area contributed by atoms with Crippen molar-refractivity contribution < 1.29 is 27.5 Å². The molecular weight excluding hydrogens is 625 g/mol. The minimum absolute atomic E-state index is 0.00147. The van der Waals surface area contributed by atoms with Crippen LogP contribution in [-0.2, 0) is 26.2 Å². The summed E-state index contributed by atoms with van der Waals surface area (Å²) < 4.78 is 40.0. The fourth-order valence-corrected chi connectivity index (χ4v) is 7.10. The second-order valence-corrected chi connectivity index (χ2v) is 13.4. The summed E-state index contributed by atoms with van der Waals surface area (Å²) in [5, 5.41) is 3.69. The zero-order valence-corrected chi connectivity index (χ0v) is 27.5. The van der Waals surface area contributed by atoms with Crippen molar-refractivity contribution in [3.8, 4) is 11.5 Å². The Hall–Kier alpha value is -3.47. The molecule has 12 heteroatoms. The summed E-state index contributed by atoms with van der Waals surface area (Å²) in [5.41, 5.74) is 1.50. The zero-order chi connectivity index (χ0) is 32.0. The number of aryl methyl sites for hydroxylation is 1. The van der Waals surface area contributed by atoms with Crippen molar-refractivity contribution in [2.75, 3.05) is 25.1 Å². The summed E-state index contributed by atoms with van der Waals surface area (Å²) in [5.74, 6) is -0.291. The lowest BCUT2D eigenvalue weighted by Gasteiger charge is -2.33. The SMILES string of the molecule is COc1ccc(N(CC(=O)N(Cc2c(Cl)cccc2Cl)C(C)C(=O)NC2CCCC2)S(=O)(=O)c2ccc(C)cc2)cc1OC. The average molecular weight is 663 g/mol. The molecular formula is C32H37Cl2N3O6S. The van der Waals surface area contributed by atoms with E-state index in [9.17, 15) is 18.0 Å². The van der Waals surface area contributed by atoms with Crippen molar-refractivity contribution in [1.82, 2.24) is 10.2 Å². The van der Waals surface area contributed by atoms with Crippen LogP contribution in [0.3, 0.4) is 0 Å². The quantitative estimate of drug-likeness (QED) is 0.256. The van der Waals surface area contributed by atoms with Gasteiger partial charge in [-0.3, -0.25) is 13.9 Å². The van der Waals surface area contributed by atoms with Crippen LogP contribution in [0.4, 0.5) is 5.69 Å². The second kappa shape index (κ2) is 14.5. The summed E-state index contributed by atoms with van der Waals surface area (Å²) in [4.78, 5) is 29.0. The van der Waals surface area contributed by atoms with Gasteiger partial charge in [-0.15, -0.1) is 0 Å². The highest BCUT2D eigenvalue weighted by Crippen LogP contribution is 2.34. The number of benzene rings is 3. The molecule has 236 valence electrons. The van der Waals surface area contributed by atoms with Gasteiger partial charge in [0.15, 0.2) is 11.5 Å². The van der Waals surface area contributed by atoms with Gasteiger partial charge in [0.25, 0.3) is 10.0 Å². The van der Waals surface area contributed by atoms with E-state index in [1.54, 1.807) is 43.3 Å². The van der Waals surface area contributed by atoms with Crippen molar-refractivity contribution >= 4 is 50.7 Å². The van der Waals surface area contributed by atoms with Gasteiger partial charge in [0, 0.05) is 34.3 Å². The molecule has 0 aliphatic heterocycles. The van der Waals surface area contributed by atoms with Gasteiger partial charge >= 0.3 is 0 Å². The molecule has 0 heterocycles. The van der Waals surface area contributed by atoms with Gasteiger partial charge < -0.3 is 19.7 Å². The number of carbonyl (C=O) groups excluding carboxylic acids is 2. The van der Waals surface area contributed by atoms with Crippen molar-refractivity contribution in [3.05, 3.63) is 81.8 Å². The van der Waals surface area contributed by atoms with Gasteiger partial charge in [-0.25, -0.2) is 8.42 Å². The average Bonchev–Trinajstić information content (AvgIpc) is 3.52. The third-order valence-corrected chi connectivity index (χ3v) is 10.3. The molecule has 1 saturated carbocycles. The van der Waals surface area contributed by atoms with Gasteiger partial charge in [0.2, 0.25) is 11.8 Å². The molecule has 0 saturated heterocycles. The summed E-state index contributed by atoms with van der Waals surface area (Å²) >= 11 is 12.9. The lowest BCUT2D eigenvalue weighted by atomic mass is 10.1. The lowest BCUT2D eigenvalue weighted by Crippen LogP contribution is -2.52. The first-order valence-electron chi connectivity index (χ1n) is 14.3. The van der Waals surface area contributed by atoms with E-state index in [-0.39, 0.29) is 34.8 Å². The molecule has 3 aromatic rings. The van der Waals surface area contributed by atoms with Crippen LogP contribution < -0.4 is 19.1 Å². The lowest BCUT2D eigenvalue weighted by molar-refractivity contribution is -0.139. The third kappa shape index (κ3) is 7.60. The van der Waals surface area contributed by atoms with E-state index in [0.717, 1.165) is 35.6 Å². The number of rotatable bonds is 12. The topological polar surface area (TPSA) is 105 Å². The second-order valence-electron chi connectivity index (χ2n) is 10.8. The number of sulfonamides is 1. The molecule has 1 aliphatic rings. The van der Waals surface area contributed by atoms with Crippen LogP contribution in [0, 0.1) is 6.92 Å². The Morgan fingerprint density at radius 1 is 0.955 bits per heavy atom. The number of amides is 2. The normalized spacial score (nSPS) is 14.1. The maximum atomic E-state index is 14.2. The molecule has 0 bridgehead atoms. The van der Waals surface area contributed by atoms with Gasteiger partial charge in [-0.05, 0) is 63.1 Å². The van der Waals surface area contributed by atoms with Crippen LogP contribution in [0.2, 0.25) is 10.0 Å². The van der Waals surface area contributed by atoms with Gasteiger partial charge in [0.1, 0.15) is 12.6 Å². The Kier molecular flexibility index (Phi) is 11.0. The fourth-order valence-electron chi connectivity index (χ4n) is 5.17. The van der Waals surface area contributed by atoms with E-state index >= 15 is 0 Å². The van der Waals surface area contributed by atoms with E-state index in [0.29, 0.717) is 21.4 Å². The summed E-state index contributed by atoms with van der Waals surface area (Å²) in [6, 6.07) is 15.0. The predicted octanol–water partition coefficient (Wildman–Crippen LogP) is 5.99. The monoisotopic (exact) mass is 661 g/mol. The largest absolute Gasteiger partial charge is 0.493 e. The van der Waals surface area contributed by atoms with E-state index in [1.165, 1.54) is 43.4 Å². The number of anilines is 1. The van der Waals surface area contributed by atoms with Crippen LogP contribution in [0.15, 0.2) is 65.6 Å². The number of hydrogen-bond donors (Lipinski definition) is 1. The molecule has 0 radical (unpaired) electrons. The molecule has 44 heavy (non-hydrogen) atoms. The van der Waals surface area contributed by atoms with Crippen LogP contribution in [0.1, 0.15) is 43.7 Å². The molecule has 4 rings (SSSR count). The molecule has 1 N–H and O–H groups in total. The first kappa shape index (κ1) is 33.4. The standard InChI is InChI=1S/C32H37Cl2N3O6S/c1-21-12-15-25(16-13-21)44(40,41)37(24-14-17-29(42-3)30(18-24)43-4)20-31(38)36(19-26-27(33)10-7-11-28(26)34)22(2)32(39)35-23-8-5-6-9-23/h7,10-18,22-23H,5-6,8-9,19-20H2,1-4H3,(H,35,39). The molecule has 2 amide bonds. The van der Waals surface area contributed by atoms with Crippen LogP contribution >= 0.6 is 23.2 Å². The number of nitrogens with one attached hydrogen (secondary N) is 1. The van der Waals surface area contributed by atoms with E-state index < -0.39 is 28.5 Å². The molecule has 1 atom stereocenters. The minimum Gasteiger partial charge on any atom is -0.493 e. The first-order chi connectivity index (χ1) is 21.0. The van der Waals surface area contributed by atoms with Crippen LogP contribution in [-0.4, -0.2) is 58.0 Å². The predicted molar refractivity (Wildman–Crippen MR) is 172 cm³/mol. The smallest absolute Gasteiger partial charge is 0.264 e. The van der Waals surface area contributed by atoms with Crippen molar-refractivity contribution in [3.63, 3.8) is 0 Å². The Balaban J connectivity index is 1.76. The maximum absolute atomic E-state index is 14.2. The highest BCUT2D eigenvalue weighted by Gasteiger charge is 2.34. The highest BCUT2D eigenvalue weighted by molar-refractivity contribution is 7.92. The minimum atomic E-state index is -4.26. The maximum Gasteiger partial charge on any atom is 0.264 e. The molecule has 1 fully saturated rings. The number of ether oxygens (including phenoxy) is 2.